The number of imide groups is 1. The molecule has 1 heterocycles. The molecule has 0 aromatic heterocycles. The van der Waals surface area contributed by atoms with Crippen molar-refractivity contribution in [2.45, 2.75) is 18.9 Å². The molecule has 1 aliphatic heterocycles. The van der Waals surface area contributed by atoms with E-state index in [0.29, 0.717) is 17.7 Å². The maximum absolute atomic E-state index is 12.9. The van der Waals surface area contributed by atoms with Gasteiger partial charge in [-0.05, 0) is 24.1 Å². The quantitative estimate of drug-likeness (QED) is 0.823. The largest absolute Gasteiger partial charge is 0.325 e. The summed E-state index contributed by atoms with van der Waals surface area (Å²) in [4.78, 5) is 38.4. The number of urea groups is 1. The Morgan fingerprint density at radius 2 is 1.64 bits per heavy atom. The van der Waals surface area contributed by atoms with Crippen molar-refractivity contribution in [1.29, 1.82) is 0 Å². The number of carbonyl (C=O) groups excluding carboxylic acids is 3. The van der Waals surface area contributed by atoms with Crippen LogP contribution < -0.4 is 10.6 Å². The third-order valence-corrected chi connectivity index (χ3v) is 4.33. The van der Waals surface area contributed by atoms with E-state index in [4.69, 9.17) is 0 Å². The summed E-state index contributed by atoms with van der Waals surface area (Å²) in [6, 6.07) is 17.4. The molecule has 3 rings (SSSR count). The Bertz CT molecular complexity index is 792. The molecule has 25 heavy (non-hydrogen) atoms. The van der Waals surface area contributed by atoms with Crippen molar-refractivity contribution in [3.05, 3.63) is 66.2 Å². The van der Waals surface area contributed by atoms with Crippen molar-refractivity contribution < 1.29 is 14.4 Å². The summed E-state index contributed by atoms with van der Waals surface area (Å²) in [6.07, 6.45) is 0.401. The van der Waals surface area contributed by atoms with E-state index < -0.39 is 23.4 Å². The fourth-order valence-corrected chi connectivity index (χ4v) is 3.00. The first kappa shape index (κ1) is 16.7. The molecule has 1 fully saturated rings. The Labute approximate surface area is 145 Å². The molecule has 0 unspecified atom stereocenters. The second-order valence-corrected chi connectivity index (χ2v) is 5.86. The highest BCUT2D eigenvalue weighted by Crippen LogP contribution is 2.32. The summed E-state index contributed by atoms with van der Waals surface area (Å²) in [7, 11) is 0. The second kappa shape index (κ2) is 6.76. The van der Waals surface area contributed by atoms with Crippen molar-refractivity contribution in [2.24, 2.45) is 0 Å². The Kier molecular flexibility index (Phi) is 4.52. The van der Waals surface area contributed by atoms with Gasteiger partial charge < -0.3 is 10.6 Å². The third-order valence-electron chi connectivity index (χ3n) is 4.33. The van der Waals surface area contributed by atoms with Gasteiger partial charge in [0.2, 0.25) is 5.91 Å². The Morgan fingerprint density at radius 3 is 2.24 bits per heavy atom. The van der Waals surface area contributed by atoms with E-state index in [1.807, 2.05) is 31.2 Å². The standard InChI is InChI=1S/C19H19N3O3/c1-2-19(14-9-5-3-6-10-14)17(24)22(18(25)21-19)13-16(23)20-15-11-7-4-8-12-15/h3-12H,2,13H2,1H3,(H,20,23)(H,21,25)/t19-/m0/s1. The fourth-order valence-electron chi connectivity index (χ4n) is 3.00. The molecule has 0 spiro atoms. The van der Waals surface area contributed by atoms with Gasteiger partial charge in [0.1, 0.15) is 12.1 Å². The molecule has 1 aliphatic rings. The van der Waals surface area contributed by atoms with Crippen LogP contribution in [0.2, 0.25) is 0 Å². The summed E-state index contributed by atoms with van der Waals surface area (Å²) in [5, 5.41) is 5.44. The molecule has 1 saturated heterocycles. The first-order chi connectivity index (χ1) is 12.1. The van der Waals surface area contributed by atoms with Crippen LogP contribution in [0.15, 0.2) is 60.7 Å². The summed E-state index contributed by atoms with van der Waals surface area (Å²) in [5.74, 6) is -0.830. The van der Waals surface area contributed by atoms with Crippen LogP contribution >= 0.6 is 0 Å². The van der Waals surface area contributed by atoms with Gasteiger partial charge in [0.15, 0.2) is 0 Å². The molecular weight excluding hydrogens is 318 g/mol. The van der Waals surface area contributed by atoms with Crippen LogP contribution in [-0.4, -0.2) is 29.3 Å². The van der Waals surface area contributed by atoms with E-state index in [9.17, 15) is 14.4 Å². The van der Waals surface area contributed by atoms with E-state index in [0.717, 1.165) is 4.90 Å². The van der Waals surface area contributed by atoms with Crippen LogP contribution in [0.1, 0.15) is 18.9 Å². The van der Waals surface area contributed by atoms with Gasteiger partial charge in [-0.2, -0.15) is 0 Å². The lowest BCUT2D eigenvalue weighted by Gasteiger charge is -2.25. The maximum atomic E-state index is 12.9. The Morgan fingerprint density at radius 1 is 1.04 bits per heavy atom. The van der Waals surface area contributed by atoms with E-state index in [2.05, 4.69) is 10.6 Å². The topological polar surface area (TPSA) is 78.5 Å². The highest BCUT2D eigenvalue weighted by molar-refractivity contribution is 6.10. The van der Waals surface area contributed by atoms with Crippen LogP contribution in [0, 0.1) is 0 Å². The molecule has 6 heteroatoms. The number of hydrogen-bond donors (Lipinski definition) is 2. The van der Waals surface area contributed by atoms with Gasteiger partial charge in [0.05, 0.1) is 0 Å². The first-order valence-electron chi connectivity index (χ1n) is 8.11. The molecule has 0 radical (unpaired) electrons. The van der Waals surface area contributed by atoms with E-state index >= 15 is 0 Å². The summed E-state index contributed by atoms with van der Waals surface area (Å²) < 4.78 is 0. The maximum Gasteiger partial charge on any atom is 0.325 e. The smallest absolute Gasteiger partial charge is 0.325 e. The molecule has 2 aromatic carbocycles. The molecule has 128 valence electrons. The van der Waals surface area contributed by atoms with Crippen molar-refractivity contribution in [2.75, 3.05) is 11.9 Å². The van der Waals surface area contributed by atoms with Gasteiger partial charge in [-0.25, -0.2) is 4.79 Å². The van der Waals surface area contributed by atoms with E-state index in [1.165, 1.54) is 0 Å². The second-order valence-electron chi connectivity index (χ2n) is 5.86. The highest BCUT2D eigenvalue weighted by Gasteiger charge is 2.51. The number of para-hydroxylation sites is 1. The molecule has 0 bridgehead atoms. The lowest BCUT2D eigenvalue weighted by molar-refractivity contribution is -0.134. The minimum atomic E-state index is -1.12. The van der Waals surface area contributed by atoms with Crippen LogP contribution in [0.25, 0.3) is 0 Å². The average molecular weight is 337 g/mol. The van der Waals surface area contributed by atoms with Gasteiger partial charge >= 0.3 is 6.03 Å². The van der Waals surface area contributed by atoms with Gasteiger partial charge in [-0.15, -0.1) is 0 Å². The minimum Gasteiger partial charge on any atom is -0.325 e. The fraction of sp³-hybridized carbons (Fsp3) is 0.211. The zero-order valence-corrected chi connectivity index (χ0v) is 13.9. The predicted molar refractivity (Wildman–Crippen MR) is 93.7 cm³/mol. The molecule has 2 aromatic rings. The molecule has 0 saturated carbocycles. The van der Waals surface area contributed by atoms with Crippen molar-refractivity contribution in [1.82, 2.24) is 10.2 Å². The lowest BCUT2D eigenvalue weighted by atomic mass is 9.87. The van der Waals surface area contributed by atoms with Gasteiger partial charge in [0, 0.05) is 5.69 Å². The number of amides is 4. The zero-order valence-electron chi connectivity index (χ0n) is 13.9. The molecular formula is C19H19N3O3. The predicted octanol–water partition coefficient (Wildman–Crippen LogP) is 2.48. The van der Waals surface area contributed by atoms with Crippen LogP contribution in [-0.2, 0) is 15.1 Å². The van der Waals surface area contributed by atoms with E-state index in [1.54, 1.807) is 36.4 Å². The summed E-state index contributed by atoms with van der Waals surface area (Å²) >= 11 is 0. The molecule has 6 nitrogen and oxygen atoms in total. The monoisotopic (exact) mass is 337 g/mol. The average Bonchev–Trinajstić information content (AvgIpc) is 2.88. The Hall–Kier alpha value is -3.15. The van der Waals surface area contributed by atoms with Crippen LogP contribution in [0.5, 0.6) is 0 Å². The van der Waals surface area contributed by atoms with E-state index in [-0.39, 0.29) is 6.54 Å². The molecule has 0 aliphatic carbocycles. The highest BCUT2D eigenvalue weighted by atomic mass is 16.2. The zero-order chi connectivity index (χ0) is 17.9. The Balaban J connectivity index is 1.78. The first-order valence-corrected chi connectivity index (χ1v) is 8.11. The number of hydrogen-bond acceptors (Lipinski definition) is 3. The number of carbonyl (C=O) groups is 3. The summed E-state index contributed by atoms with van der Waals surface area (Å²) in [6.45, 7) is 1.51. The number of anilines is 1. The lowest BCUT2D eigenvalue weighted by Crippen LogP contribution is -2.44. The normalized spacial score (nSPS) is 19.6. The van der Waals surface area contributed by atoms with Crippen molar-refractivity contribution in [3.8, 4) is 0 Å². The molecule has 4 amide bonds. The number of benzene rings is 2. The van der Waals surface area contributed by atoms with Gasteiger partial charge in [-0.3, -0.25) is 14.5 Å². The third kappa shape index (κ3) is 3.10. The number of rotatable bonds is 5. The van der Waals surface area contributed by atoms with Gasteiger partial charge in [-0.1, -0.05) is 55.5 Å². The van der Waals surface area contributed by atoms with Crippen molar-refractivity contribution >= 4 is 23.5 Å². The molecule has 1 atom stereocenters. The van der Waals surface area contributed by atoms with Gasteiger partial charge in [0.25, 0.3) is 5.91 Å². The number of nitrogens with zero attached hydrogens (tertiary/aromatic N) is 1. The SMILES string of the molecule is CC[C@@]1(c2ccccc2)NC(=O)N(CC(=O)Nc2ccccc2)C1=O. The summed E-state index contributed by atoms with van der Waals surface area (Å²) in [5.41, 5.74) is 0.205. The molecule has 2 N–H and O–H groups in total. The van der Waals surface area contributed by atoms with Crippen LogP contribution in [0.3, 0.4) is 0 Å². The number of nitrogens with one attached hydrogen (secondary N) is 2. The van der Waals surface area contributed by atoms with Crippen LogP contribution in [0.4, 0.5) is 10.5 Å². The van der Waals surface area contributed by atoms with Crippen molar-refractivity contribution in [3.63, 3.8) is 0 Å². The minimum absolute atomic E-state index is 0.325.